The highest BCUT2D eigenvalue weighted by Gasteiger charge is 2.13. The molecule has 0 aliphatic carbocycles. The number of hydrogen-bond acceptors (Lipinski definition) is 4. The van der Waals surface area contributed by atoms with Gasteiger partial charge in [0.15, 0.2) is 5.76 Å². The lowest BCUT2D eigenvalue weighted by Gasteiger charge is -2.10. The largest absolute Gasteiger partial charge is 0.491 e. The number of carbonyl (C=O) groups excluding carboxylic acids is 1. The van der Waals surface area contributed by atoms with Crippen LogP contribution in [0.15, 0.2) is 65.1 Å². The molecule has 1 N–H and O–H groups in total. The highest BCUT2D eigenvalue weighted by Crippen LogP contribution is 2.16. The maximum atomic E-state index is 12.4. The first kappa shape index (κ1) is 22.1. The Morgan fingerprint density at radius 2 is 1.67 bits per heavy atom. The van der Waals surface area contributed by atoms with Crippen molar-refractivity contribution < 1.29 is 18.2 Å². The third kappa shape index (κ3) is 6.75. The van der Waals surface area contributed by atoms with E-state index in [0.29, 0.717) is 23.1 Å². The molecule has 7 heteroatoms. The molecular weight excluding hydrogens is 422 g/mol. The Kier molecular flexibility index (Phi) is 7.71. The Bertz CT molecular complexity index is 997. The zero-order chi connectivity index (χ0) is 21.5. The van der Waals surface area contributed by atoms with Crippen LogP contribution in [-0.4, -0.2) is 16.2 Å². The molecule has 1 heterocycles. The number of ether oxygens (including phenoxy) is 1. The summed E-state index contributed by atoms with van der Waals surface area (Å²) in [6.45, 7) is 4.32. The van der Waals surface area contributed by atoms with Crippen molar-refractivity contribution in [2.24, 2.45) is 0 Å². The molecule has 0 saturated carbocycles. The monoisotopic (exact) mass is 445 g/mol. The maximum absolute atomic E-state index is 12.4. The average Bonchev–Trinajstić information content (AvgIpc) is 3.17. The van der Waals surface area contributed by atoms with Gasteiger partial charge in [-0.3, -0.25) is 9.00 Å². The molecule has 0 radical (unpaired) electrons. The summed E-state index contributed by atoms with van der Waals surface area (Å²) in [4.78, 5) is 12.3. The van der Waals surface area contributed by atoms with Crippen LogP contribution in [0.2, 0.25) is 5.02 Å². The minimum absolute atomic E-state index is 0.115. The number of benzene rings is 2. The number of amides is 1. The van der Waals surface area contributed by atoms with Crippen molar-refractivity contribution in [2.75, 3.05) is 0 Å². The van der Waals surface area contributed by atoms with E-state index in [-0.39, 0.29) is 23.5 Å². The van der Waals surface area contributed by atoms with Crippen LogP contribution in [0, 0.1) is 0 Å². The Morgan fingerprint density at radius 1 is 1.00 bits per heavy atom. The predicted octanol–water partition coefficient (Wildman–Crippen LogP) is 5.10. The van der Waals surface area contributed by atoms with Gasteiger partial charge in [-0.25, -0.2) is 0 Å². The van der Waals surface area contributed by atoms with Gasteiger partial charge >= 0.3 is 0 Å². The predicted molar refractivity (Wildman–Crippen MR) is 119 cm³/mol. The topological polar surface area (TPSA) is 68.5 Å². The zero-order valence-corrected chi connectivity index (χ0v) is 18.5. The number of carbonyl (C=O) groups is 1. The van der Waals surface area contributed by atoms with E-state index in [0.717, 1.165) is 16.9 Å². The Hall–Kier alpha value is -2.57. The van der Waals surface area contributed by atoms with E-state index in [4.69, 9.17) is 20.8 Å². The van der Waals surface area contributed by atoms with Crippen LogP contribution < -0.4 is 10.1 Å². The maximum Gasteiger partial charge on any atom is 0.287 e. The summed E-state index contributed by atoms with van der Waals surface area (Å²) in [6.07, 6.45) is 0.115. The molecule has 5 nitrogen and oxygen atoms in total. The van der Waals surface area contributed by atoms with Gasteiger partial charge in [-0.05, 0) is 61.4 Å². The van der Waals surface area contributed by atoms with Crippen LogP contribution in [0.1, 0.15) is 41.3 Å². The van der Waals surface area contributed by atoms with Gasteiger partial charge < -0.3 is 14.5 Å². The van der Waals surface area contributed by atoms with E-state index in [1.807, 2.05) is 50.2 Å². The van der Waals surface area contributed by atoms with Gasteiger partial charge in [-0.15, -0.1) is 0 Å². The SMILES string of the molecule is CC(C)Oc1ccc(CNC(=O)c2ccc(CS(=O)Cc3ccc(Cl)cc3)o2)cc1. The second-order valence-corrected chi connectivity index (χ2v) is 9.01. The molecule has 0 bridgehead atoms. The molecule has 0 aliphatic rings. The van der Waals surface area contributed by atoms with Gasteiger partial charge in [-0.2, -0.15) is 0 Å². The third-order valence-corrected chi connectivity index (χ3v) is 5.69. The van der Waals surface area contributed by atoms with Crippen molar-refractivity contribution in [1.29, 1.82) is 0 Å². The van der Waals surface area contributed by atoms with Crippen molar-refractivity contribution in [3.63, 3.8) is 0 Å². The lowest BCUT2D eigenvalue weighted by atomic mass is 10.2. The molecule has 0 fully saturated rings. The van der Waals surface area contributed by atoms with Gasteiger partial charge in [0.2, 0.25) is 0 Å². The van der Waals surface area contributed by atoms with Crippen molar-refractivity contribution >= 4 is 28.3 Å². The van der Waals surface area contributed by atoms with Gasteiger partial charge in [0.1, 0.15) is 11.5 Å². The van der Waals surface area contributed by atoms with E-state index >= 15 is 0 Å². The van der Waals surface area contributed by atoms with Gasteiger partial charge in [0.05, 0.1) is 11.9 Å². The quantitative estimate of drug-likeness (QED) is 0.497. The lowest BCUT2D eigenvalue weighted by molar-refractivity contribution is 0.0921. The second kappa shape index (κ2) is 10.5. The molecule has 0 spiro atoms. The van der Waals surface area contributed by atoms with E-state index in [2.05, 4.69) is 5.32 Å². The fraction of sp³-hybridized carbons (Fsp3) is 0.261. The number of halogens is 1. The molecule has 2 aromatic carbocycles. The molecule has 1 amide bonds. The van der Waals surface area contributed by atoms with Crippen LogP contribution in [-0.2, 0) is 28.9 Å². The first-order valence-electron chi connectivity index (χ1n) is 9.61. The summed E-state index contributed by atoms with van der Waals surface area (Å²) in [5, 5.41) is 3.47. The van der Waals surface area contributed by atoms with Crippen LogP contribution >= 0.6 is 11.6 Å². The third-order valence-electron chi connectivity index (χ3n) is 4.18. The normalized spacial score (nSPS) is 12.0. The average molecular weight is 446 g/mol. The van der Waals surface area contributed by atoms with Gasteiger partial charge in [-0.1, -0.05) is 35.9 Å². The van der Waals surface area contributed by atoms with E-state index in [1.165, 1.54) is 0 Å². The summed E-state index contributed by atoms with van der Waals surface area (Å²) in [7, 11) is -1.15. The summed E-state index contributed by atoms with van der Waals surface area (Å²) < 4.78 is 23.5. The zero-order valence-electron chi connectivity index (χ0n) is 16.9. The molecule has 158 valence electrons. The van der Waals surface area contributed by atoms with Crippen molar-refractivity contribution in [2.45, 2.75) is 38.0 Å². The lowest BCUT2D eigenvalue weighted by Crippen LogP contribution is -2.22. The van der Waals surface area contributed by atoms with E-state index in [9.17, 15) is 9.00 Å². The molecule has 1 unspecified atom stereocenters. The molecule has 1 aromatic heterocycles. The molecule has 3 rings (SSSR count). The molecule has 0 aliphatic heterocycles. The van der Waals surface area contributed by atoms with Crippen LogP contribution in [0.3, 0.4) is 0 Å². The minimum Gasteiger partial charge on any atom is -0.491 e. The molecule has 1 atom stereocenters. The first-order valence-corrected chi connectivity index (χ1v) is 11.5. The Balaban J connectivity index is 1.49. The fourth-order valence-corrected chi connectivity index (χ4v) is 4.05. The van der Waals surface area contributed by atoms with E-state index < -0.39 is 10.8 Å². The number of hydrogen-bond donors (Lipinski definition) is 1. The first-order chi connectivity index (χ1) is 14.4. The second-order valence-electron chi connectivity index (χ2n) is 7.11. The number of furan rings is 1. The van der Waals surface area contributed by atoms with Gasteiger partial charge in [0.25, 0.3) is 5.91 Å². The molecular formula is C23H24ClNO4S. The van der Waals surface area contributed by atoms with Crippen LogP contribution in [0.25, 0.3) is 0 Å². The molecule has 3 aromatic rings. The van der Waals surface area contributed by atoms with Crippen molar-refractivity contribution in [3.05, 3.63) is 88.3 Å². The van der Waals surface area contributed by atoms with Crippen LogP contribution in [0.4, 0.5) is 0 Å². The standard InChI is InChI=1S/C23H24ClNO4S/c1-16(2)28-20-9-5-17(6-10-20)13-25-23(26)22-12-11-21(29-22)15-30(27)14-18-3-7-19(24)8-4-18/h3-12,16H,13-15H2,1-2H3,(H,25,26). The summed E-state index contributed by atoms with van der Waals surface area (Å²) >= 11 is 5.87. The summed E-state index contributed by atoms with van der Waals surface area (Å²) in [5.41, 5.74) is 1.89. The van der Waals surface area contributed by atoms with Crippen molar-refractivity contribution in [1.82, 2.24) is 5.32 Å². The van der Waals surface area contributed by atoms with E-state index in [1.54, 1.807) is 24.3 Å². The summed E-state index contributed by atoms with van der Waals surface area (Å²) in [5.74, 6) is 1.84. The highest BCUT2D eigenvalue weighted by atomic mass is 35.5. The molecule has 30 heavy (non-hydrogen) atoms. The Morgan fingerprint density at radius 3 is 2.33 bits per heavy atom. The van der Waals surface area contributed by atoms with Crippen LogP contribution in [0.5, 0.6) is 5.75 Å². The smallest absolute Gasteiger partial charge is 0.287 e. The number of rotatable bonds is 9. The van der Waals surface area contributed by atoms with Gasteiger partial charge in [0, 0.05) is 28.1 Å². The number of nitrogens with one attached hydrogen (secondary N) is 1. The summed E-state index contributed by atoms with van der Waals surface area (Å²) in [6, 6.07) is 18.1. The highest BCUT2D eigenvalue weighted by molar-refractivity contribution is 7.83. The fourth-order valence-electron chi connectivity index (χ4n) is 2.78. The molecule has 0 saturated heterocycles. The van der Waals surface area contributed by atoms with Crippen molar-refractivity contribution in [3.8, 4) is 5.75 Å². The minimum atomic E-state index is -1.15. The Labute approximate surface area is 183 Å².